The highest BCUT2D eigenvalue weighted by Crippen LogP contribution is 2.60. The first-order valence-corrected chi connectivity index (χ1v) is 12.6. The number of carbonyl (C=O) groups excluding carboxylic acids is 1. The molecular formula is C23H33NO6S. The lowest BCUT2D eigenvalue weighted by Gasteiger charge is -2.57. The number of ether oxygens (including phenoxy) is 2. The smallest absolute Gasteiger partial charge is 0.409 e. The van der Waals surface area contributed by atoms with Crippen molar-refractivity contribution in [1.82, 2.24) is 4.72 Å². The van der Waals surface area contributed by atoms with E-state index in [1.54, 1.807) is 6.07 Å². The van der Waals surface area contributed by atoms with Gasteiger partial charge in [0.2, 0.25) is 5.91 Å². The Kier molecular flexibility index (Phi) is 5.98. The number of amides is 1. The minimum Gasteiger partial charge on any atom is -0.493 e. The molecule has 3 aliphatic rings. The number of aryl methyl sites for hydroxylation is 1. The highest BCUT2D eigenvalue weighted by Gasteiger charge is 2.53. The summed E-state index contributed by atoms with van der Waals surface area (Å²) in [7, 11) is -0.891. The van der Waals surface area contributed by atoms with Crippen molar-refractivity contribution >= 4 is 16.2 Å². The molecule has 1 amide bonds. The molecule has 172 valence electrons. The molecule has 0 aliphatic heterocycles. The molecule has 0 radical (unpaired) electrons. The maximum atomic E-state index is 12.1. The summed E-state index contributed by atoms with van der Waals surface area (Å²) >= 11 is 0. The summed E-state index contributed by atoms with van der Waals surface area (Å²) in [5, 5.41) is 0. The standard InChI is InChI=1S/C23H33NO6S/c1-14(25)24-31(26,27)30-21-12-15-8-9-17-16(18(15)13-20(21)28-3)10-11-23(2)19(17)6-5-7-22(23)29-4/h12-13,16-17,19,22H,5-11H2,1-4H3,(H,24,25)/t16?,17?,19?,22-,23-/m0/s1. The van der Waals surface area contributed by atoms with Crippen molar-refractivity contribution in [3.8, 4) is 11.5 Å². The lowest BCUT2D eigenvalue weighted by molar-refractivity contribution is -0.117. The van der Waals surface area contributed by atoms with Crippen molar-refractivity contribution in [2.24, 2.45) is 17.3 Å². The van der Waals surface area contributed by atoms with Gasteiger partial charge in [-0.25, -0.2) is 4.72 Å². The van der Waals surface area contributed by atoms with Crippen LogP contribution in [0, 0.1) is 17.3 Å². The number of carbonyl (C=O) groups is 1. The van der Waals surface area contributed by atoms with Crippen LogP contribution in [0.1, 0.15) is 69.4 Å². The summed E-state index contributed by atoms with van der Waals surface area (Å²) in [6.45, 7) is 3.54. The van der Waals surface area contributed by atoms with Crippen molar-refractivity contribution in [2.75, 3.05) is 14.2 Å². The highest BCUT2D eigenvalue weighted by atomic mass is 32.2. The van der Waals surface area contributed by atoms with Crippen molar-refractivity contribution in [3.63, 3.8) is 0 Å². The van der Waals surface area contributed by atoms with E-state index in [2.05, 4.69) is 6.92 Å². The molecule has 2 saturated carbocycles. The zero-order chi connectivity index (χ0) is 22.4. The summed E-state index contributed by atoms with van der Waals surface area (Å²) in [6, 6.07) is 3.72. The van der Waals surface area contributed by atoms with E-state index in [-0.39, 0.29) is 11.2 Å². The summed E-state index contributed by atoms with van der Waals surface area (Å²) in [6.07, 6.45) is 8.13. The maximum Gasteiger partial charge on any atom is 0.409 e. The van der Waals surface area contributed by atoms with E-state index in [9.17, 15) is 13.2 Å². The number of nitrogens with one attached hydrogen (secondary N) is 1. The zero-order valence-electron chi connectivity index (χ0n) is 18.8. The Labute approximate surface area is 185 Å². The number of hydrogen-bond acceptors (Lipinski definition) is 6. The molecule has 0 aromatic heterocycles. The molecule has 31 heavy (non-hydrogen) atoms. The van der Waals surface area contributed by atoms with Crippen LogP contribution in [0.25, 0.3) is 0 Å². The SMILES string of the molecule is COc1cc2c(cc1OS(=O)(=O)NC(C)=O)CCC1C2CC[C@@]2(C)C1CCC[C@@H]2OC. The monoisotopic (exact) mass is 451 g/mol. The van der Waals surface area contributed by atoms with Crippen LogP contribution in [0.15, 0.2) is 12.1 Å². The van der Waals surface area contributed by atoms with E-state index in [0.717, 1.165) is 44.6 Å². The minimum absolute atomic E-state index is 0.117. The Morgan fingerprint density at radius 3 is 2.58 bits per heavy atom. The third-order valence-corrected chi connectivity index (χ3v) is 8.85. The Balaban J connectivity index is 1.65. The van der Waals surface area contributed by atoms with Gasteiger partial charge in [-0.2, -0.15) is 8.42 Å². The fraction of sp³-hybridized carbons (Fsp3) is 0.696. The van der Waals surface area contributed by atoms with Gasteiger partial charge in [0.15, 0.2) is 11.5 Å². The van der Waals surface area contributed by atoms with Crippen LogP contribution in [0.3, 0.4) is 0 Å². The maximum absolute atomic E-state index is 12.1. The molecule has 8 heteroatoms. The molecule has 0 heterocycles. The van der Waals surface area contributed by atoms with E-state index >= 15 is 0 Å². The van der Waals surface area contributed by atoms with Gasteiger partial charge in [0.05, 0.1) is 13.2 Å². The predicted octanol–water partition coefficient (Wildman–Crippen LogP) is 3.72. The van der Waals surface area contributed by atoms with Gasteiger partial charge < -0.3 is 13.7 Å². The van der Waals surface area contributed by atoms with Gasteiger partial charge in [-0.15, -0.1) is 0 Å². The van der Waals surface area contributed by atoms with Crippen LogP contribution in [0.4, 0.5) is 0 Å². The van der Waals surface area contributed by atoms with Gasteiger partial charge in [-0.1, -0.05) is 13.3 Å². The summed E-state index contributed by atoms with van der Waals surface area (Å²) in [5.74, 6) is 1.47. The molecule has 3 aliphatic carbocycles. The van der Waals surface area contributed by atoms with Crippen LogP contribution in [0.5, 0.6) is 11.5 Å². The second kappa shape index (κ2) is 8.28. The van der Waals surface area contributed by atoms with Crippen molar-refractivity contribution < 1.29 is 26.9 Å². The third-order valence-electron chi connectivity index (χ3n) is 7.92. The van der Waals surface area contributed by atoms with Crippen molar-refractivity contribution in [3.05, 3.63) is 23.3 Å². The fourth-order valence-electron chi connectivity index (χ4n) is 6.65. The molecule has 4 rings (SSSR count). The van der Waals surface area contributed by atoms with E-state index in [1.165, 1.54) is 25.5 Å². The zero-order valence-corrected chi connectivity index (χ0v) is 19.6. The number of fused-ring (bicyclic) bond motifs is 5. The average Bonchev–Trinajstić information content (AvgIpc) is 2.70. The lowest BCUT2D eigenvalue weighted by atomic mass is 9.50. The van der Waals surface area contributed by atoms with Crippen molar-refractivity contribution in [2.45, 2.75) is 70.8 Å². The van der Waals surface area contributed by atoms with E-state index in [4.69, 9.17) is 13.7 Å². The summed E-state index contributed by atoms with van der Waals surface area (Å²) in [4.78, 5) is 11.2. The summed E-state index contributed by atoms with van der Waals surface area (Å²) in [5.41, 5.74) is 2.59. The number of hydrogen-bond donors (Lipinski definition) is 1. The third kappa shape index (κ3) is 4.04. The van der Waals surface area contributed by atoms with Gasteiger partial charge in [0.25, 0.3) is 0 Å². The topological polar surface area (TPSA) is 90.9 Å². The molecule has 1 aromatic rings. The average molecular weight is 452 g/mol. The second-order valence-corrected chi connectivity index (χ2v) is 10.8. The van der Waals surface area contributed by atoms with E-state index in [1.807, 2.05) is 17.9 Å². The van der Waals surface area contributed by atoms with Crippen LogP contribution >= 0.6 is 0 Å². The van der Waals surface area contributed by atoms with Crippen LogP contribution in [-0.2, 0) is 26.3 Å². The van der Waals surface area contributed by atoms with Crippen molar-refractivity contribution in [1.29, 1.82) is 0 Å². The Morgan fingerprint density at radius 2 is 1.90 bits per heavy atom. The number of methoxy groups -OCH3 is 2. The van der Waals surface area contributed by atoms with Crippen LogP contribution in [0.2, 0.25) is 0 Å². The van der Waals surface area contributed by atoms with E-state index in [0.29, 0.717) is 29.6 Å². The molecule has 0 saturated heterocycles. The molecule has 0 spiro atoms. The van der Waals surface area contributed by atoms with Gasteiger partial charge in [0.1, 0.15) is 0 Å². The fourth-order valence-corrected chi connectivity index (χ4v) is 7.41. The Bertz CT molecular complexity index is 961. The molecular weight excluding hydrogens is 418 g/mol. The number of rotatable bonds is 5. The first-order chi connectivity index (χ1) is 14.7. The van der Waals surface area contributed by atoms with Gasteiger partial charge >= 0.3 is 10.3 Å². The first kappa shape index (κ1) is 22.4. The largest absolute Gasteiger partial charge is 0.493 e. The van der Waals surface area contributed by atoms with Gasteiger partial charge in [0, 0.05) is 14.0 Å². The lowest BCUT2D eigenvalue weighted by Crippen LogP contribution is -2.51. The molecule has 5 atom stereocenters. The van der Waals surface area contributed by atoms with E-state index < -0.39 is 16.2 Å². The molecule has 3 unspecified atom stereocenters. The van der Waals surface area contributed by atoms with Crippen LogP contribution in [-0.4, -0.2) is 34.6 Å². The normalized spacial score (nSPS) is 32.3. The molecule has 0 bridgehead atoms. The molecule has 1 N–H and O–H groups in total. The summed E-state index contributed by atoms with van der Waals surface area (Å²) < 4.78 is 42.6. The Hall–Kier alpha value is -1.80. The van der Waals surface area contributed by atoms with Crippen LogP contribution < -0.4 is 13.6 Å². The molecule has 7 nitrogen and oxygen atoms in total. The number of benzene rings is 1. The Morgan fingerprint density at radius 1 is 1.13 bits per heavy atom. The predicted molar refractivity (Wildman–Crippen MR) is 116 cm³/mol. The first-order valence-electron chi connectivity index (χ1n) is 11.1. The van der Waals surface area contributed by atoms with Gasteiger partial charge in [-0.3, -0.25) is 4.79 Å². The molecule has 1 aromatic carbocycles. The van der Waals surface area contributed by atoms with Gasteiger partial charge in [-0.05, 0) is 85.0 Å². The molecule has 2 fully saturated rings. The quantitative estimate of drug-likeness (QED) is 0.734. The second-order valence-electron chi connectivity index (χ2n) is 9.51. The minimum atomic E-state index is -4.24. The highest BCUT2D eigenvalue weighted by molar-refractivity contribution is 7.85.